The molecule has 4 N–H and O–H groups in total. The van der Waals surface area contributed by atoms with Crippen LogP contribution in [-0.2, 0) is 11.2 Å². The number of carbonyl (C=O) groups excluding carboxylic acids is 2. The van der Waals surface area contributed by atoms with Crippen molar-refractivity contribution >= 4 is 44.7 Å². The quantitative estimate of drug-likeness (QED) is 0.140. The van der Waals surface area contributed by atoms with Crippen LogP contribution >= 0.6 is 15.9 Å². The summed E-state index contributed by atoms with van der Waals surface area (Å²) in [4.78, 5) is 27.5. The van der Waals surface area contributed by atoms with E-state index in [-0.39, 0.29) is 18.6 Å². The molecular weight excluding hydrogens is 510 g/mol. The zero-order chi connectivity index (χ0) is 24.6. The number of H-pyrrole nitrogens is 1. The van der Waals surface area contributed by atoms with E-state index in [9.17, 15) is 9.59 Å². The predicted molar refractivity (Wildman–Crippen MR) is 138 cm³/mol. The minimum atomic E-state index is -0.620. The van der Waals surface area contributed by atoms with Gasteiger partial charge < -0.3 is 15.0 Å². The Balaban J connectivity index is 1.51. The summed E-state index contributed by atoms with van der Waals surface area (Å²) in [6, 6.07) is 22.1. The fourth-order valence-corrected chi connectivity index (χ4v) is 3.97. The second-order valence-electron chi connectivity index (χ2n) is 7.93. The van der Waals surface area contributed by atoms with Crippen LogP contribution in [-0.4, -0.2) is 34.7 Å². The van der Waals surface area contributed by atoms with Crippen molar-refractivity contribution in [2.75, 3.05) is 6.61 Å². The maximum atomic E-state index is 12.9. The SMILES string of the molecule is O=C(/C=C/c1cccc(OC[C@H](Cc2c[nH]c3ccccc23)NC(=O)c2ccc(Br)cc2)c1)NO. The average Bonchev–Trinajstić information content (AvgIpc) is 3.29. The highest BCUT2D eigenvalue weighted by molar-refractivity contribution is 9.10. The number of nitrogens with one attached hydrogen (secondary N) is 3. The van der Waals surface area contributed by atoms with Gasteiger partial charge in [-0.1, -0.05) is 46.3 Å². The Hall–Kier alpha value is -3.88. The van der Waals surface area contributed by atoms with Crippen molar-refractivity contribution in [2.24, 2.45) is 0 Å². The van der Waals surface area contributed by atoms with Gasteiger partial charge in [-0.05, 0) is 66.1 Å². The van der Waals surface area contributed by atoms with Crippen LogP contribution in [0.3, 0.4) is 0 Å². The first kappa shape index (κ1) is 24.3. The van der Waals surface area contributed by atoms with Crippen LogP contribution in [0.1, 0.15) is 21.5 Å². The molecule has 0 spiro atoms. The molecule has 0 saturated carbocycles. The van der Waals surface area contributed by atoms with Gasteiger partial charge in [-0.3, -0.25) is 14.8 Å². The molecular formula is C27H24BrN3O4. The summed E-state index contributed by atoms with van der Waals surface area (Å²) < 4.78 is 6.94. The van der Waals surface area contributed by atoms with Crippen LogP contribution < -0.4 is 15.5 Å². The number of amides is 2. The normalized spacial score (nSPS) is 11.9. The highest BCUT2D eigenvalue weighted by Crippen LogP contribution is 2.21. The molecule has 1 atom stereocenters. The standard InChI is InChI=1S/C27H24BrN3O4/c28-21-11-9-19(10-12-21)27(33)30-22(15-20-16-29-25-7-2-1-6-24(20)25)17-35-23-5-3-4-18(14-23)8-13-26(32)31-34/h1-14,16,22,29,34H,15,17H2,(H,30,33)(H,31,32)/b13-8+/t22-/m0/s1. The largest absolute Gasteiger partial charge is 0.491 e. The fourth-order valence-electron chi connectivity index (χ4n) is 3.70. The lowest BCUT2D eigenvalue weighted by atomic mass is 10.0. The van der Waals surface area contributed by atoms with E-state index in [1.165, 1.54) is 6.08 Å². The number of para-hydroxylation sites is 1. The summed E-state index contributed by atoms with van der Waals surface area (Å²) >= 11 is 3.39. The van der Waals surface area contributed by atoms with Gasteiger partial charge >= 0.3 is 0 Å². The van der Waals surface area contributed by atoms with Gasteiger partial charge in [0.2, 0.25) is 0 Å². The summed E-state index contributed by atoms with van der Waals surface area (Å²) in [6.45, 7) is 0.242. The van der Waals surface area contributed by atoms with Crippen LogP contribution in [0.2, 0.25) is 0 Å². The third-order valence-corrected chi connectivity index (χ3v) is 5.96. The number of ether oxygens (including phenoxy) is 1. The molecule has 178 valence electrons. The number of rotatable bonds is 9. The molecule has 7 nitrogen and oxygen atoms in total. The second-order valence-corrected chi connectivity index (χ2v) is 8.85. The van der Waals surface area contributed by atoms with E-state index < -0.39 is 5.91 Å². The fraction of sp³-hybridized carbons (Fsp3) is 0.111. The smallest absolute Gasteiger partial charge is 0.267 e. The Morgan fingerprint density at radius 2 is 1.86 bits per heavy atom. The number of hydroxylamine groups is 1. The minimum Gasteiger partial charge on any atom is -0.491 e. The Kier molecular flexibility index (Phi) is 7.97. The lowest BCUT2D eigenvalue weighted by molar-refractivity contribution is -0.124. The molecule has 0 aliphatic carbocycles. The number of halogens is 1. The molecule has 4 rings (SSSR count). The lowest BCUT2D eigenvalue weighted by Crippen LogP contribution is -2.40. The van der Waals surface area contributed by atoms with Crippen molar-refractivity contribution in [3.05, 3.63) is 106 Å². The van der Waals surface area contributed by atoms with Gasteiger partial charge in [0.25, 0.3) is 11.8 Å². The van der Waals surface area contributed by atoms with Crippen LogP contribution in [0.15, 0.2) is 89.5 Å². The Bertz CT molecular complexity index is 1350. The molecule has 0 radical (unpaired) electrons. The van der Waals surface area contributed by atoms with Crippen molar-refractivity contribution in [1.29, 1.82) is 0 Å². The van der Waals surface area contributed by atoms with Gasteiger partial charge in [0.1, 0.15) is 12.4 Å². The topological polar surface area (TPSA) is 103 Å². The first-order valence-electron chi connectivity index (χ1n) is 11.0. The summed E-state index contributed by atoms with van der Waals surface area (Å²) in [5.74, 6) is -0.207. The van der Waals surface area contributed by atoms with Gasteiger partial charge in [-0.15, -0.1) is 0 Å². The monoisotopic (exact) mass is 533 g/mol. The van der Waals surface area contributed by atoms with Crippen LogP contribution in [0.25, 0.3) is 17.0 Å². The van der Waals surface area contributed by atoms with Gasteiger partial charge in [0, 0.05) is 33.2 Å². The number of aromatic nitrogens is 1. The molecule has 1 heterocycles. The van der Waals surface area contributed by atoms with Gasteiger partial charge in [-0.2, -0.15) is 0 Å². The molecule has 0 fully saturated rings. The minimum absolute atomic E-state index is 0.183. The molecule has 0 aliphatic heterocycles. The Labute approximate surface area is 210 Å². The van der Waals surface area contributed by atoms with E-state index in [2.05, 4.69) is 26.2 Å². The zero-order valence-electron chi connectivity index (χ0n) is 18.7. The molecule has 0 aliphatic rings. The third kappa shape index (κ3) is 6.59. The number of fused-ring (bicyclic) bond motifs is 1. The number of benzene rings is 3. The molecule has 0 unspecified atom stereocenters. The number of carbonyl (C=O) groups is 2. The van der Waals surface area contributed by atoms with E-state index in [4.69, 9.17) is 9.94 Å². The van der Waals surface area contributed by atoms with Crippen molar-refractivity contribution in [2.45, 2.75) is 12.5 Å². The van der Waals surface area contributed by atoms with E-state index in [1.807, 2.05) is 54.7 Å². The molecule has 35 heavy (non-hydrogen) atoms. The van der Waals surface area contributed by atoms with Crippen molar-refractivity contribution < 1.29 is 19.5 Å². The van der Waals surface area contributed by atoms with Crippen LogP contribution in [0.5, 0.6) is 5.75 Å². The van der Waals surface area contributed by atoms with Crippen molar-refractivity contribution in [3.8, 4) is 5.75 Å². The van der Waals surface area contributed by atoms with Crippen LogP contribution in [0.4, 0.5) is 0 Å². The van der Waals surface area contributed by atoms with Crippen molar-refractivity contribution in [3.63, 3.8) is 0 Å². The molecule has 0 saturated heterocycles. The average molecular weight is 534 g/mol. The molecule has 4 aromatic rings. The highest BCUT2D eigenvalue weighted by atomic mass is 79.9. The Morgan fingerprint density at radius 3 is 2.66 bits per heavy atom. The third-order valence-electron chi connectivity index (χ3n) is 5.43. The zero-order valence-corrected chi connectivity index (χ0v) is 20.3. The van der Waals surface area contributed by atoms with Gasteiger partial charge in [0.05, 0.1) is 6.04 Å². The van der Waals surface area contributed by atoms with E-state index in [0.29, 0.717) is 17.7 Å². The molecule has 1 aromatic heterocycles. The maximum absolute atomic E-state index is 12.9. The summed E-state index contributed by atoms with van der Waals surface area (Å²) in [5, 5.41) is 12.8. The van der Waals surface area contributed by atoms with Crippen molar-refractivity contribution in [1.82, 2.24) is 15.8 Å². The maximum Gasteiger partial charge on any atom is 0.267 e. The van der Waals surface area contributed by atoms with E-state index in [1.54, 1.807) is 35.8 Å². The predicted octanol–water partition coefficient (Wildman–Crippen LogP) is 4.87. The molecule has 2 amide bonds. The number of hydrogen-bond donors (Lipinski definition) is 4. The molecule has 8 heteroatoms. The lowest BCUT2D eigenvalue weighted by Gasteiger charge is -2.20. The van der Waals surface area contributed by atoms with E-state index in [0.717, 1.165) is 26.5 Å². The molecule has 0 bridgehead atoms. The number of aromatic amines is 1. The summed E-state index contributed by atoms with van der Waals surface area (Å²) in [6.07, 6.45) is 5.32. The first-order valence-corrected chi connectivity index (χ1v) is 11.8. The first-order chi connectivity index (χ1) is 17.0. The number of hydrogen-bond acceptors (Lipinski definition) is 4. The Morgan fingerprint density at radius 1 is 1.06 bits per heavy atom. The van der Waals surface area contributed by atoms with Crippen LogP contribution in [0, 0.1) is 0 Å². The molecule has 3 aromatic carbocycles. The summed E-state index contributed by atoms with van der Waals surface area (Å²) in [7, 11) is 0. The van der Waals surface area contributed by atoms with E-state index >= 15 is 0 Å². The van der Waals surface area contributed by atoms with Gasteiger partial charge in [-0.25, -0.2) is 5.48 Å². The highest BCUT2D eigenvalue weighted by Gasteiger charge is 2.17. The van der Waals surface area contributed by atoms with Gasteiger partial charge in [0.15, 0.2) is 0 Å². The summed E-state index contributed by atoms with van der Waals surface area (Å²) in [5.41, 5.74) is 4.97. The second kappa shape index (κ2) is 11.5.